The van der Waals surface area contributed by atoms with Crippen molar-refractivity contribution in [3.05, 3.63) is 29.3 Å². The van der Waals surface area contributed by atoms with E-state index in [1.165, 1.54) is 26.4 Å². The highest BCUT2D eigenvalue weighted by molar-refractivity contribution is 6.08. The molecule has 2 saturated heterocycles. The van der Waals surface area contributed by atoms with E-state index in [4.69, 9.17) is 9.47 Å². The molecule has 6 atom stereocenters. The van der Waals surface area contributed by atoms with Crippen LogP contribution in [0.2, 0.25) is 0 Å². The molecular weight excluding hydrogens is 548 g/mol. The first-order valence-electron chi connectivity index (χ1n) is 16.2. The van der Waals surface area contributed by atoms with Crippen molar-refractivity contribution in [2.24, 2.45) is 29.6 Å². The number of likely N-dealkylation sites (tertiary alicyclic amines) is 2. The molecule has 1 aromatic carbocycles. The number of phenols is 1. The molecule has 5 fully saturated rings. The molecule has 0 spiro atoms. The number of aromatic hydroxyl groups is 1. The van der Waals surface area contributed by atoms with Crippen LogP contribution in [0.15, 0.2) is 23.8 Å². The molecule has 230 valence electrons. The Bertz CT molecular complexity index is 1350. The molecule has 6 aliphatic rings. The first-order chi connectivity index (χ1) is 20.8. The Labute approximate surface area is 252 Å². The zero-order valence-electron chi connectivity index (χ0n) is 25.1. The third-order valence-corrected chi connectivity index (χ3v) is 11.4. The number of carbonyl (C=O) groups is 4. The van der Waals surface area contributed by atoms with Crippen molar-refractivity contribution in [1.29, 1.82) is 0 Å². The van der Waals surface area contributed by atoms with Gasteiger partial charge in [0, 0.05) is 35.7 Å². The first-order valence-corrected chi connectivity index (χ1v) is 16.2. The lowest BCUT2D eigenvalue weighted by Crippen LogP contribution is -2.44. The van der Waals surface area contributed by atoms with Gasteiger partial charge in [0.2, 0.25) is 23.6 Å². The number of amides is 4. The van der Waals surface area contributed by atoms with E-state index in [1.54, 1.807) is 9.80 Å². The molecule has 1 N–H and O–H groups in total. The van der Waals surface area contributed by atoms with Gasteiger partial charge in [-0.05, 0) is 44.4 Å². The lowest BCUT2D eigenvalue weighted by atomic mass is 9.57. The number of carbonyl (C=O) groups excluding carboxylic acids is 4. The van der Waals surface area contributed by atoms with Gasteiger partial charge in [0.15, 0.2) is 0 Å². The molecule has 9 heteroatoms. The quantitative estimate of drug-likeness (QED) is 0.390. The number of ether oxygens (including phenoxy) is 2. The number of hydrogen-bond acceptors (Lipinski definition) is 7. The second kappa shape index (κ2) is 11.0. The molecule has 1 aromatic rings. The van der Waals surface area contributed by atoms with Crippen molar-refractivity contribution in [2.45, 2.75) is 95.1 Å². The van der Waals surface area contributed by atoms with Crippen LogP contribution in [0, 0.1) is 29.6 Å². The van der Waals surface area contributed by atoms with Crippen molar-refractivity contribution in [2.75, 3.05) is 14.2 Å². The van der Waals surface area contributed by atoms with Crippen molar-refractivity contribution >= 4 is 23.6 Å². The highest BCUT2D eigenvalue weighted by Gasteiger charge is 2.63. The van der Waals surface area contributed by atoms with Crippen molar-refractivity contribution in [3.63, 3.8) is 0 Å². The first kappa shape index (κ1) is 28.4. The fourth-order valence-corrected chi connectivity index (χ4v) is 9.59. The number of imide groups is 2. The van der Waals surface area contributed by atoms with E-state index in [0.717, 1.165) is 69.8 Å². The van der Waals surface area contributed by atoms with Gasteiger partial charge in [-0.2, -0.15) is 0 Å². The van der Waals surface area contributed by atoms with E-state index < -0.39 is 29.6 Å². The fourth-order valence-electron chi connectivity index (χ4n) is 9.59. The minimum atomic E-state index is -0.664. The zero-order chi connectivity index (χ0) is 30.0. The third-order valence-electron chi connectivity index (χ3n) is 11.4. The van der Waals surface area contributed by atoms with Crippen molar-refractivity contribution < 1.29 is 33.8 Å². The van der Waals surface area contributed by atoms with Crippen LogP contribution in [0.1, 0.15) is 88.5 Å². The van der Waals surface area contributed by atoms with E-state index in [9.17, 15) is 24.3 Å². The number of methoxy groups -OCH3 is 2. The van der Waals surface area contributed by atoms with Gasteiger partial charge < -0.3 is 14.6 Å². The fraction of sp³-hybridized carbons (Fsp3) is 0.647. The smallest absolute Gasteiger partial charge is 0.234 e. The van der Waals surface area contributed by atoms with Crippen LogP contribution in [0.5, 0.6) is 17.2 Å². The maximum atomic E-state index is 14.4. The van der Waals surface area contributed by atoms with Crippen LogP contribution in [-0.4, -0.2) is 64.8 Å². The molecule has 0 radical (unpaired) electrons. The molecule has 3 saturated carbocycles. The molecule has 7 rings (SSSR count). The van der Waals surface area contributed by atoms with E-state index >= 15 is 0 Å². The maximum Gasteiger partial charge on any atom is 0.234 e. The van der Waals surface area contributed by atoms with Crippen LogP contribution < -0.4 is 9.47 Å². The molecule has 6 unspecified atom stereocenters. The summed E-state index contributed by atoms with van der Waals surface area (Å²) in [5, 5.41) is 10.5. The van der Waals surface area contributed by atoms with Gasteiger partial charge in [-0.3, -0.25) is 29.0 Å². The van der Waals surface area contributed by atoms with Crippen LogP contribution in [0.4, 0.5) is 0 Å². The Balaban J connectivity index is 1.34. The maximum absolute atomic E-state index is 14.4. The SMILES string of the molecule is COc1cc(O)cc(OC)c1C1C2=CCC3C(=O)N(C4CCCCC4)C(=O)C3C2CC2C(=O)N(C3CCCCC3)C(=O)C21. The van der Waals surface area contributed by atoms with E-state index in [2.05, 4.69) is 6.08 Å². The number of nitrogens with zero attached hydrogens (tertiary/aromatic N) is 2. The summed E-state index contributed by atoms with van der Waals surface area (Å²) in [6, 6.07) is 2.86. The summed E-state index contributed by atoms with van der Waals surface area (Å²) in [6.45, 7) is 0. The summed E-state index contributed by atoms with van der Waals surface area (Å²) >= 11 is 0. The monoisotopic (exact) mass is 590 g/mol. The zero-order valence-corrected chi connectivity index (χ0v) is 25.1. The normalized spacial score (nSPS) is 33.3. The van der Waals surface area contributed by atoms with Gasteiger partial charge >= 0.3 is 0 Å². The topological polar surface area (TPSA) is 113 Å². The Morgan fingerprint density at radius 3 is 1.72 bits per heavy atom. The van der Waals surface area contributed by atoms with Crippen LogP contribution in [0.3, 0.4) is 0 Å². The molecular formula is C34H42N2O7. The van der Waals surface area contributed by atoms with E-state index in [-0.39, 0.29) is 47.4 Å². The Morgan fingerprint density at radius 1 is 0.674 bits per heavy atom. The van der Waals surface area contributed by atoms with Crippen LogP contribution in [0.25, 0.3) is 0 Å². The van der Waals surface area contributed by atoms with Gasteiger partial charge in [-0.15, -0.1) is 0 Å². The molecule has 0 bridgehead atoms. The summed E-state index contributed by atoms with van der Waals surface area (Å²) in [5.74, 6) is -2.95. The third kappa shape index (κ3) is 4.32. The number of hydrogen-bond donors (Lipinski definition) is 1. The van der Waals surface area contributed by atoms with Crippen LogP contribution in [-0.2, 0) is 19.2 Å². The lowest BCUT2D eigenvalue weighted by Gasteiger charge is -2.44. The van der Waals surface area contributed by atoms with Crippen molar-refractivity contribution in [3.8, 4) is 17.2 Å². The van der Waals surface area contributed by atoms with E-state index in [1.807, 2.05) is 0 Å². The largest absolute Gasteiger partial charge is 0.508 e. The predicted molar refractivity (Wildman–Crippen MR) is 156 cm³/mol. The molecule has 2 aliphatic heterocycles. The summed E-state index contributed by atoms with van der Waals surface area (Å²) in [7, 11) is 3.02. The molecule has 0 aromatic heterocycles. The Hall–Kier alpha value is -3.36. The van der Waals surface area contributed by atoms with Gasteiger partial charge in [0.25, 0.3) is 0 Å². The van der Waals surface area contributed by atoms with Crippen molar-refractivity contribution in [1.82, 2.24) is 9.80 Å². The number of benzene rings is 1. The average Bonchev–Trinajstić information content (AvgIpc) is 3.44. The number of rotatable bonds is 5. The summed E-state index contributed by atoms with van der Waals surface area (Å²) < 4.78 is 11.5. The predicted octanol–water partition coefficient (Wildman–Crippen LogP) is 4.71. The summed E-state index contributed by atoms with van der Waals surface area (Å²) in [5.41, 5.74) is 1.53. The Kier molecular flexibility index (Phi) is 7.25. The molecule has 4 amide bonds. The van der Waals surface area contributed by atoms with Crippen LogP contribution >= 0.6 is 0 Å². The minimum Gasteiger partial charge on any atom is -0.508 e. The number of phenolic OH excluding ortho intramolecular Hbond substituents is 1. The van der Waals surface area contributed by atoms with E-state index in [0.29, 0.717) is 29.9 Å². The second-order valence-corrected chi connectivity index (χ2v) is 13.5. The second-order valence-electron chi connectivity index (χ2n) is 13.5. The molecule has 4 aliphatic carbocycles. The highest BCUT2D eigenvalue weighted by atomic mass is 16.5. The summed E-state index contributed by atoms with van der Waals surface area (Å²) in [4.78, 5) is 59.8. The van der Waals surface area contributed by atoms with Gasteiger partial charge in [0.1, 0.15) is 17.2 Å². The van der Waals surface area contributed by atoms with Gasteiger partial charge in [-0.1, -0.05) is 50.2 Å². The molecule has 9 nitrogen and oxygen atoms in total. The number of fused-ring (bicyclic) bond motifs is 4. The highest BCUT2D eigenvalue weighted by Crippen LogP contribution is 2.61. The summed E-state index contributed by atoms with van der Waals surface area (Å²) in [6.07, 6.45) is 12.4. The minimum absolute atomic E-state index is 0.0311. The van der Waals surface area contributed by atoms with Gasteiger partial charge in [0.05, 0.1) is 37.9 Å². The number of allylic oxidation sites excluding steroid dienone is 2. The molecule has 43 heavy (non-hydrogen) atoms. The standard InChI is InChI=1S/C34H42N2O7/c1-42-25-15-20(37)16-26(43-2)30(25)28-21-13-14-22-27(33(40)35(31(22)38)18-9-5-3-6-10-18)23(21)17-24-29(28)34(41)36(32(24)39)19-11-7-4-8-12-19/h13,15-16,18-19,22-24,27-29,37H,3-12,14,17H2,1-2H3. The van der Waals surface area contributed by atoms with Gasteiger partial charge in [-0.25, -0.2) is 0 Å². The Morgan fingerprint density at radius 2 is 1.19 bits per heavy atom. The average molecular weight is 591 g/mol. The molecule has 2 heterocycles. The lowest BCUT2D eigenvalue weighted by molar-refractivity contribution is -0.145.